The van der Waals surface area contributed by atoms with Crippen LogP contribution >= 0.6 is 0 Å². The minimum Gasteiger partial charge on any atom is -0.464 e. The van der Waals surface area contributed by atoms with E-state index in [1.165, 1.54) is 11.1 Å². The maximum Gasteiger partial charge on any atom is 0.149 e. The van der Waals surface area contributed by atoms with E-state index in [0.717, 1.165) is 39.1 Å². The smallest absolute Gasteiger partial charge is 0.149 e. The summed E-state index contributed by atoms with van der Waals surface area (Å²) < 4.78 is 31.2. The summed E-state index contributed by atoms with van der Waals surface area (Å²) in [5.41, 5.74) is 8.19. The molecule has 4 aromatic carbocycles. The van der Waals surface area contributed by atoms with E-state index >= 15 is 0 Å². The number of furan rings is 1. The van der Waals surface area contributed by atoms with E-state index in [9.17, 15) is 0 Å². The molecule has 0 spiro atoms. The summed E-state index contributed by atoms with van der Waals surface area (Å²) >= 11 is 0. The van der Waals surface area contributed by atoms with Gasteiger partial charge in [-0.25, -0.2) is 4.98 Å². The third-order valence-corrected chi connectivity index (χ3v) is 6.59. The highest BCUT2D eigenvalue weighted by molar-refractivity contribution is 5.95. The van der Waals surface area contributed by atoms with Crippen molar-refractivity contribution >= 4 is 22.0 Å². The Balaban J connectivity index is 1.45. The summed E-state index contributed by atoms with van der Waals surface area (Å²) in [6, 6.07) is 30.3. The topological polar surface area (TPSA) is 31.0 Å². The summed E-state index contributed by atoms with van der Waals surface area (Å²) in [6.45, 7) is 4.47. The van der Waals surface area contributed by atoms with E-state index < -0.39 is 6.85 Å². The Kier molecular flexibility index (Phi) is 4.16. The fourth-order valence-corrected chi connectivity index (χ4v) is 4.64. The first-order chi connectivity index (χ1) is 18.1. The van der Waals surface area contributed by atoms with Crippen molar-refractivity contribution < 1.29 is 8.53 Å². The number of hydrogen-bond acceptors (Lipinski definition) is 2. The number of imidazole rings is 1. The van der Waals surface area contributed by atoms with Crippen molar-refractivity contribution in [2.24, 2.45) is 0 Å². The molecule has 0 saturated carbocycles. The molecule has 2 heterocycles. The molecule has 0 aliphatic rings. The summed E-state index contributed by atoms with van der Waals surface area (Å²) in [5.74, 6) is 0.744. The maximum atomic E-state index is 7.73. The van der Waals surface area contributed by atoms with Gasteiger partial charge in [0.05, 0.1) is 16.6 Å². The van der Waals surface area contributed by atoms with Gasteiger partial charge < -0.3 is 4.42 Å². The number of fused-ring (bicyclic) bond motifs is 2. The van der Waals surface area contributed by atoms with Crippen LogP contribution in [0.25, 0.3) is 50.2 Å². The van der Waals surface area contributed by atoms with Crippen molar-refractivity contribution in [1.29, 1.82) is 0 Å². The molecule has 0 N–H and O–H groups in total. The van der Waals surface area contributed by atoms with Gasteiger partial charge >= 0.3 is 0 Å². The Hall–Kier alpha value is -4.11. The summed E-state index contributed by atoms with van der Waals surface area (Å²) in [4.78, 5) is 4.96. The monoisotopic (exact) mass is 459 g/mol. The highest BCUT2D eigenvalue weighted by Crippen LogP contribution is 2.35. The van der Waals surface area contributed by atoms with Crippen LogP contribution in [0.15, 0.2) is 102 Å². The lowest BCUT2D eigenvalue weighted by Crippen LogP contribution is -2.10. The quantitative estimate of drug-likeness (QED) is 0.265. The molecular weight excluding hydrogens is 428 g/mol. The number of aryl methyl sites for hydroxylation is 1. The summed E-state index contributed by atoms with van der Waals surface area (Å²) in [7, 11) is 0. The second-order valence-electron chi connectivity index (χ2n) is 9.99. The van der Waals surface area contributed by atoms with Crippen LogP contribution in [0, 0.1) is 6.85 Å². The van der Waals surface area contributed by atoms with Gasteiger partial charge in [0.1, 0.15) is 17.7 Å². The van der Waals surface area contributed by atoms with Crippen LogP contribution in [-0.2, 0) is 5.41 Å². The highest BCUT2D eigenvalue weighted by atomic mass is 16.3. The molecule has 0 bridgehead atoms. The molecule has 6 rings (SSSR count). The zero-order chi connectivity index (χ0) is 26.7. The predicted octanol–water partition coefficient (Wildman–Crippen LogP) is 8.71. The average Bonchev–Trinajstić information content (AvgIpc) is 3.49. The number of rotatable bonds is 3. The molecule has 172 valence electrons. The average molecular weight is 460 g/mol. The van der Waals surface area contributed by atoms with Crippen molar-refractivity contribution in [3.63, 3.8) is 0 Å². The van der Waals surface area contributed by atoms with Crippen LogP contribution in [0.1, 0.15) is 36.0 Å². The number of aromatic nitrogens is 2. The molecule has 3 heteroatoms. The van der Waals surface area contributed by atoms with Gasteiger partial charge in [-0.3, -0.25) is 4.57 Å². The van der Waals surface area contributed by atoms with Crippen molar-refractivity contribution in [2.75, 3.05) is 0 Å². The van der Waals surface area contributed by atoms with Gasteiger partial charge in [0.25, 0.3) is 0 Å². The minimum atomic E-state index is -2.19. The first-order valence-corrected chi connectivity index (χ1v) is 11.8. The Morgan fingerprint density at radius 1 is 0.829 bits per heavy atom. The van der Waals surface area contributed by atoms with Gasteiger partial charge in [0.2, 0.25) is 0 Å². The molecular formula is C32H28N2O. The van der Waals surface area contributed by atoms with Crippen molar-refractivity contribution in [1.82, 2.24) is 9.55 Å². The van der Waals surface area contributed by atoms with E-state index in [1.54, 1.807) is 18.4 Å². The number of hydrogen-bond donors (Lipinski definition) is 0. The van der Waals surface area contributed by atoms with Crippen LogP contribution in [0.5, 0.6) is 0 Å². The molecule has 0 radical (unpaired) electrons. The Labute approximate surface area is 209 Å². The largest absolute Gasteiger partial charge is 0.464 e. The third kappa shape index (κ3) is 3.74. The fourth-order valence-electron chi connectivity index (χ4n) is 4.64. The lowest BCUT2D eigenvalue weighted by molar-refractivity contribution is 0.590. The molecule has 0 amide bonds. The molecule has 0 atom stereocenters. The van der Waals surface area contributed by atoms with Crippen LogP contribution in [-0.4, -0.2) is 9.55 Å². The number of nitrogens with zero attached hydrogens (tertiary/aromatic N) is 2. The molecule has 0 aliphatic heterocycles. The maximum absolute atomic E-state index is 7.73. The lowest BCUT2D eigenvalue weighted by Gasteiger charge is -2.19. The fraction of sp³-hybridized carbons (Fsp3) is 0.156. The van der Waals surface area contributed by atoms with Gasteiger partial charge in [-0.15, -0.1) is 0 Å². The molecule has 0 saturated heterocycles. The second kappa shape index (κ2) is 7.99. The van der Waals surface area contributed by atoms with Gasteiger partial charge in [-0.05, 0) is 64.9 Å². The normalized spacial score (nSPS) is 13.6. The lowest BCUT2D eigenvalue weighted by atomic mass is 9.86. The van der Waals surface area contributed by atoms with Gasteiger partial charge in [0.15, 0.2) is 0 Å². The van der Waals surface area contributed by atoms with E-state index in [2.05, 4.69) is 79.9 Å². The number of benzene rings is 4. The van der Waals surface area contributed by atoms with E-state index in [0.29, 0.717) is 5.58 Å². The van der Waals surface area contributed by atoms with Crippen molar-refractivity contribution in [3.05, 3.63) is 108 Å². The van der Waals surface area contributed by atoms with E-state index in [1.807, 2.05) is 24.3 Å². The first kappa shape index (κ1) is 18.2. The standard InChI is InChI=1S/C32H28N2O/c1-21-9-18-26-27(20-35-30(26)19-21)31-33-28-7-5-6-8-29(28)34(31)25-16-12-23(13-17-25)22-10-14-24(15-11-22)32(2,3)4/h5-20H,1-4H3/i1D3. The van der Waals surface area contributed by atoms with E-state index in [-0.39, 0.29) is 11.0 Å². The zero-order valence-corrected chi connectivity index (χ0v) is 20.0. The van der Waals surface area contributed by atoms with Crippen LogP contribution in [0.3, 0.4) is 0 Å². The summed E-state index contributed by atoms with van der Waals surface area (Å²) in [5, 5.41) is 0.824. The highest BCUT2D eigenvalue weighted by Gasteiger charge is 2.19. The Morgan fingerprint density at radius 2 is 1.54 bits per heavy atom. The summed E-state index contributed by atoms with van der Waals surface area (Å²) in [6.07, 6.45) is 1.66. The van der Waals surface area contributed by atoms with Crippen LogP contribution in [0.4, 0.5) is 0 Å². The third-order valence-electron chi connectivity index (χ3n) is 6.59. The Morgan fingerprint density at radius 3 is 2.26 bits per heavy atom. The Bertz CT molecular complexity index is 1770. The van der Waals surface area contributed by atoms with E-state index in [4.69, 9.17) is 13.5 Å². The van der Waals surface area contributed by atoms with Crippen molar-refractivity contribution in [3.8, 4) is 28.2 Å². The molecule has 3 nitrogen and oxygen atoms in total. The zero-order valence-electron chi connectivity index (χ0n) is 23.0. The first-order valence-electron chi connectivity index (χ1n) is 13.3. The van der Waals surface area contributed by atoms with Crippen LogP contribution in [0.2, 0.25) is 0 Å². The van der Waals surface area contributed by atoms with Gasteiger partial charge in [-0.1, -0.05) is 81.4 Å². The molecule has 6 aromatic rings. The van der Waals surface area contributed by atoms with Gasteiger partial charge in [0, 0.05) is 15.2 Å². The molecule has 0 fully saturated rings. The SMILES string of the molecule is [2H]C([2H])([2H])c1ccc2c(-c3nc4ccccc4n3-c3ccc(-c4ccc(C(C)(C)C)cc4)cc3)coc2c1. The second-order valence-corrected chi connectivity index (χ2v) is 9.99. The minimum absolute atomic E-state index is 0.118. The van der Waals surface area contributed by atoms with Crippen molar-refractivity contribution in [2.45, 2.75) is 33.0 Å². The molecule has 35 heavy (non-hydrogen) atoms. The predicted molar refractivity (Wildman–Crippen MR) is 145 cm³/mol. The number of para-hydroxylation sites is 2. The molecule has 2 aromatic heterocycles. The van der Waals surface area contributed by atoms with Gasteiger partial charge in [-0.2, -0.15) is 0 Å². The van der Waals surface area contributed by atoms with Crippen LogP contribution < -0.4 is 0 Å². The molecule has 0 unspecified atom stereocenters. The molecule has 0 aliphatic carbocycles.